The largest absolute Gasteiger partial charge is 0.586 e. The van der Waals surface area contributed by atoms with Crippen molar-refractivity contribution in [1.29, 1.82) is 0 Å². The Kier molecular flexibility index (Phi) is 4.97. The van der Waals surface area contributed by atoms with Gasteiger partial charge in [-0.25, -0.2) is 0 Å². The van der Waals surface area contributed by atoms with Crippen LogP contribution in [0.3, 0.4) is 0 Å². The van der Waals surface area contributed by atoms with E-state index in [9.17, 15) is 8.78 Å². The SMILES string of the molecule is COCCCOCCNc1ccc2c(c1)OC(F)(F)O2. The second-order valence-corrected chi connectivity index (χ2v) is 4.21. The van der Waals surface area contributed by atoms with Crippen LogP contribution in [0.2, 0.25) is 0 Å². The predicted octanol–water partition coefficient (Wildman–Crippen LogP) is 2.47. The van der Waals surface area contributed by atoms with Crippen molar-refractivity contribution in [1.82, 2.24) is 0 Å². The summed E-state index contributed by atoms with van der Waals surface area (Å²) >= 11 is 0. The lowest BCUT2D eigenvalue weighted by molar-refractivity contribution is -0.286. The van der Waals surface area contributed by atoms with Gasteiger partial charge in [0.1, 0.15) is 0 Å². The Morgan fingerprint density at radius 1 is 1.15 bits per heavy atom. The summed E-state index contributed by atoms with van der Waals surface area (Å²) in [6.07, 6.45) is -2.74. The molecule has 5 nitrogen and oxygen atoms in total. The number of nitrogens with one attached hydrogen (secondary N) is 1. The van der Waals surface area contributed by atoms with Gasteiger partial charge in [-0.05, 0) is 18.6 Å². The van der Waals surface area contributed by atoms with Gasteiger partial charge < -0.3 is 24.3 Å². The first kappa shape index (κ1) is 14.8. The molecule has 2 rings (SSSR count). The minimum absolute atomic E-state index is 0.0287. The molecule has 1 aromatic rings. The lowest BCUT2D eigenvalue weighted by Crippen LogP contribution is -2.25. The van der Waals surface area contributed by atoms with Crippen molar-refractivity contribution in [3.63, 3.8) is 0 Å². The molecule has 112 valence electrons. The molecule has 1 aliphatic rings. The number of halogens is 2. The molecular weight excluding hydrogens is 272 g/mol. The Morgan fingerprint density at radius 3 is 2.75 bits per heavy atom. The summed E-state index contributed by atoms with van der Waals surface area (Å²) in [5.74, 6) is 0.0670. The monoisotopic (exact) mass is 289 g/mol. The van der Waals surface area contributed by atoms with E-state index in [1.807, 2.05) is 0 Å². The van der Waals surface area contributed by atoms with Crippen LogP contribution in [-0.4, -0.2) is 39.8 Å². The molecule has 0 saturated carbocycles. The third-order valence-corrected chi connectivity index (χ3v) is 2.61. The van der Waals surface area contributed by atoms with Gasteiger partial charge in [0.25, 0.3) is 0 Å². The van der Waals surface area contributed by atoms with E-state index in [4.69, 9.17) is 9.47 Å². The van der Waals surface area contributed by atoms with Gasteiger partial charge in [-0.1, -0.05) is 0 Å². The molecule has 0 unspecified atom stereocenters. The summed E-state index contributed by atoms with van der Waals surface area (Å²) in [5, 5.41) is 3.06. The first-order valence-electron chi connectivity index (χ1n) is 6.31. The van der Waals surface area contributed by atoms with Crippen LogP contribution in [-0.2, 0) is 9.47 Å². The van der Waals surface area contributed by atoms with Gasteiger partial charge in [-0.3, -0.25) is 0 Å². The lowest BCUT2D eigenvalue weighted by Gasteiger charge is -2.08. The molecule has 1 heterocycles. The number of ether oxygens (including phenoxy) is 4. The molecule has 0 spiro atoms. The summed E-state index contributed by atoms with van der Waals surface area (Å²) in [4.78, 5) is 0. The minimum Gasteiger partial charge on any atom is -0.395 e. The number of hydrogen-bond donors (Lipinski definition) is 1. The van der Waals surface area contributed by atoms with Crippen molar-refractivity contribution < 1.29 is 27.7 Å². The minimum atomic E-state index is -3.58. The normalized spacial score (nSPS) is 15.3. The van der Waals surface area contributed by atoms with Crippen molar-refractivity contribution in [3.05, 3.63) is 18.2 Å². The highest BCUT2D eigenvalue weighted by Crippen LogP contribution is 2.42. The van der Waals surface area contributed by atoms with Crippen LogP contribution < -0.4 is 14.8 Å². The van der Waals surface area contributed by atoms with Crippen molar-refractivity contribution in [3.8, 4) is 11.5 Å². The van der Waals surface area contributed by atoms with Gasteiger partial charge in [-0.15, -0.1) is 8.78 Å². The van der Waals surface area contributed by atoms with E-state index >= 15 is 0 Å². The zero-order valence-corrected chi connectivity index (χ0v) is 11.2. The lowest BCUT2D eigenvalue weighted by atomic mass is 10.3. The highest BCUT2D eigenvalue weighted by Gasteiger charge is 2.43. The number of fused-ring (bicyclic) bond motifs is 1. The third kappa shape index (κ3) is 4.21. The number of benzene rings is 1. The first-order valence-corrected chi connectivity index (χ1v) is 6.31. The average Bonchev–Trinajstić information content (AvgIpc) is 2.71. The molecule has 0 saturated heterocycles. The van der Waals surface area contributed by atoms with Crippen LogP contribution in [0.5, 0.6) is 11.5 Å². The fourth-order valence-electron chi connectivity index (χ4n) is 1.73. The molecule has 0 aromatic heterocycles. The van der Waals surface area contributed by atoms with E-state index in [2.05, 4.69) is 14.8 Å². The summed E-state index contributed by atoms with van der Waals surface area (Å²) in [6, 6.07) is 4.56. The Labute approximate surface area is 115 Å². The number of methoxy groups -OCH3 is 1. The van der Waals surface area contributed by atoms with Gasteiger partial charge in [0, 0.05) is 38.6 Å². The molecule has 1 N–H and O–H groups in total. The van der Waals surface area contributed by atoms with Crippen molar-refractivity contribution >= 4 is 5.69 Å². The van der Waals surface area contributed by atoms with Crippen molar-refractivity contribution in [2.45, 2.75) is 12.7 Å². The average molecular weight is 289 g/mol. The molecule has 1 aromatic carbocycles. The van der Waals surface area contributed by atoms with E-state index < -0.39 is 6.29 Å². The summed E-state index contributed by atoms with van der Waals surface area (Å²) in [6.45, 7) is 2.39. The molecule has 0 atom stereocenters. The topological polar surface area (TPSA) is 49.0 Å². The number of anilines is 1. The van der Waals surface area contributed by atoms with E-state index in [1.54, 1.807) is 13.2 Å². The fraction of sp³-hybridized carbons (Fsp3) is 0.538. The smallest absolute Gasteiger partial charge is 0.395 e. The summed E-state index contributed by atoms with van der Waals surface area (Å²) < 4.78 is 44.6. The first-order chi connectivity index (χ1) is 9.61. The molecule has 1 aliphatic heterocycles. The van der Waals surface area contributed by atoms with Crippen LogP contribution in [0.4, 0.5) is 14.5 Å². The molecular formula is C13H17F2NO4. The van der Waals surface area contributed by atoms with Crippen molar-refractivity contribution in [2.24, 2.45) is 0 Å². The molecule has 0 radical (unpaired) electrons. The van der Waals surface area contributed by atoms with E-state index in [0.717, 1.165) is 6.42 Å². The van der Waals surface area contributed by atoms with E-state index in [1.165, 1.54) is 12.1 Å². The second kappa shape index (κ2) is 6.71. The molecule has 0 bridgehead atoms. The molecule has 7 heteroatoms. The van der Waals surface area contributed by atoms with Crippen LogP contribution in [0, 0.1) is 0 Å². The highest BCUT2D eigenvalue weighted by molar-refractivity contribution is 5.55. The standard InChI is InChI=1S/C13H17F2NO4/c1-17-6-2-7-18-8-5-16-10-3-4-11-12(9-10)20-13(14,15)19-11/h3-4,9,16H,2,5-8H2,1H3. The van der Waals surface area contributed by atoms with Gasteiger partial charge in [0.2, 0.25) is 0 Å². The van der Waals surface area contributed by atoms with E-state index in [-0.39, 0.29) is 11.5 Å². The van der Waals surface area contributed by atoms with Crippen LogP contribution in [0.1, 0.15) is 6.42 Å². The summed E-state index contributed by atoms with van der Waals surface area (Å²) in [5.41, 5.74) is 0.672. The van der Waals surface area contributed by atoms with E-state index in [0.29, 0.717) is 32.1 Å². The Bertz CT molecular complexity index is 442. The molecule has 0 aliphatic carbocycles. The van der Waals surface area contributed by atoms with Crippen LogP contribution >= 0.6 is 0 Å². The quantitative estimate of drug-likeness (QED) is 0.745. The molecule has 0 fully saturated rings. The molecule has 20 heavy (non-hydrogen) atoms. The van der Waals surface area contributed by atoms with Crippen LogP contribution in [0.25, 0.3) is 0 Å². The Balaban J connectivity index is 1.70. The fourth-order valence-corrected chi connectivity index (χ4v) is 1.73. The maximum Gasteiger partial charge on any atom is 0.586 e. The Morgan fingerprint density at radius 2 is 1.95 bits per heavy atom. The number of alkyl halides is 2. The summed E-state index contributed by atoms with van der Waals surface area (Å²) in [7, 11) is 1.64. The maximum atomic E-state index is 12.8. The van der Waals surface area contributed by atoms with Gasteiger partial charge in [0.15, 0.2) is 11.5 Å². The number of hydrogen-bond acceptors (Lipinski definition) is 5. The number of rotatable bonds is 8. The zero-order valence-electron chi connectivity index (χ0n) is 11.2. The maximum absolute atomic E-state index is 12.8. The van der Waals surface area contributed by atoms with Crippen LogP contribution in [0.15, 0.2) is 18.2 Å². The van der Waals surface area contributed by atoms with Gasteiger partial charge >= 0.3 is 6.29 Å². The van der Waals surface area contributed by atoms with Crippen molar-refractivity contribution in [2.75, 3.05) is 38.8 Å². The predicted molar refractivity (Wildman–Crippen MR) is 68.4 cm³/mol. The third-order valence-electron chi connectivity index (χ3n) is 2.61. The van der Waals surface area contributed by atoms with Gasteiger partial charge in [0.05, 0.1) is 6.61 Å². The second-order valence-electron chi connectivity index (χ2n) is 4.21. The Hall–Kier alpha value is -1.60. The van der Waals surface area contributed by atoms with Gasteiger partial charge in [-0.2, -0.15) is 0 Å². The molecule has 0 amide bonds. The zero-order chi connectivity index (χ0) is 14.4. The highest BCUT2D eigenvalue weighted by atomic mass is 19.3.